The smallest absolute Gasteiger partial charge is 0.205 e. The average Bonchev–Trinajstić information content (AvgIpc) is 2.96. The number of aromatic amines is 1. The standard InChI is InChI=1S/C13H10ClN5S/c14-8-5-6-12(10(15)7-8)20-11-4-2-1-3-9(11)13-16-18-19-17-13/h1-7H,15H2,(H,16,17,18,19). The molecular weight excluding hydrogens is 294 g/mol. The van der Waals surface area contributed by atoms with E-state index in [-0.39, 0.29) is 0 Å². The lowest BCUT2D eigenvalue weighted by molar-refractivity contribution is 0.881. The highest BCUT2D eigenvalue weighted by Crippen LogP contribution is 2.37. The summed E-state index contributed by atoms with van der Waals surface area (Å²) < 4.78 is 0. The monoisotopic (exact) mass is 303 g/mol. The molecule has 0 fully saturated rings. The van der Waals surface area contributed by atoms with Crippen molar-refractivity contribution < 1.29 is 0 Å². The first kappa shape index (κ1) is 13.0. The molecule has 0 aliphatic rings. The number of tetrazole rings is 1. The molecule has 100 valence electrons. The maximum absolute atomic E-state index is 5.98. The van der Waals surface area contributed by atoms with Gasteiger partial charge in [0, 0.05) is 26.1 Å². The molecule has 0 saturated carbocycles. The highest BCUT2D eigenvalue weighted by atomic mass is 35.5. The van der Waals surface area contributed by atoms with Crippen LogP contribution in [0.4, 0.5) is 5.69 Å². The highest BCUT2D eigenvalue weighted by Gasteiger charge is 2.11. The quantitative estimate of drug-likeness (QED) is 0.726. The number of nitrogens with one attached hydrogen (secondary N) is 1. The van der Waals surface area contributed by atoms with Gasteiger partial charge in [0.2, 0.25) is 5.82 Å². The van der Waals surface area contributed by atoms with E-state index < -0.39 is 0 Å². The van der Waals surface area contributed by atoms with E-state index in [0.717, 1.165) is 15.4 Å². The molecule has 0 radical (unpaired) electrons. The third kappa shape index (κ3) is 2.61. The topological polar surface area (TPSA) is 80.5 Å². The second kappa shape index (κ2) is 5.52. The first-order valence-corrected chi connectivity index (χ1v) is 6.99. The third-order valence-corrected chi connectivity index (χ3v) is 4.07. The van der Waals surface area contributed by atoms with Crippen LogP contribution in [0.3, 0.4) is 0 Å². The summed E-state index contributed by atoms with van der Waals surface area (Å²) in [6.07, 6.45) is 0. The van der Waals surface area contributed by atoms with Crippen LogP contribution in [0.25, 0.3) is 11.4 Å². The second-order valence-corrected chi connectivity index (χ2v) is 5.54. The van der Waals surface area contributed by atoms with Crippen LogP contribution in [0.1, 0.15) is 0 Å². The first-order valence-electron chi connectivity index (χ1n) is 5.80. The number of nitrogens with two attached hydrogens (primary N) is 1. The Balaban J connectivity index is 1.99. The minimum absolute atomic E-state index is 0.556. The predicted molar refractivity (Wildman–Crippen MR) is 79.6 cm³/mol. The molecule has 0 spiro atoms. The Bertz CT molecular complexity index is 729. The zero-order valence-corrected chi connectivity index (χ0v) is 11.8. The minimum atomic E-state index is 0.556. The minimum Gasteiger partial charge on any atom is -0.398 e. The van der Waals surface area contributed by atoms with E-state index in [1.165, 1.54) is 0 Å². The van der Waals surface area contributed by atoms with Gasteiger partial charge in [0.05, 0.1) is 0 Å². The van der Waals surface area contributed by atoms with Crippen LogP contribution in [0.2, 0.25) is 5.02 Å². The molecular formula is C13H10ClN5S. The predicted octanol–water partition coefficient (Wildman–Crippen LogP) is 3.25. The molecule has 7 heteroatoms. The summed E-state index contributed by atoms with van der Waals surface area (Å²) in [5.74, 6) is 0.556. The number of H-pyrrole nitrogens is 1. The van der Waals surface area contributed by atoms with Crippen LogP contribution < -0.4 is 5.73 Å². The van der Waals surface area contributed by atoms with Crippen molar-refractivity contribution >= 4 is 29.1 Å². The Hall–Kier alpha value is -2.05. The van der Waals surface area contributed by atoms with Gasteiger partial charge >= 0.3 is 0 Å². The molecule has 0 aliphatic heterocycles. The molecule has 0 bridgehead atoms. The van der Waals surface area contributed by atoms with Crippen molar-refractivity contribution in [1.82, 2.24) is 20.6 Å². The number of nitrogens with zero attached hydrogens (tertiary/aromatic N) is 3. The first-order chi connectivity index (χ1) is 9.74. The van der Waals surface area contributed by atoms with Gasteiger partial charge in [-0.15, -0.1) is 10.2 Å². The molecule has 5 nitrogen and oxygen atoms in total. The molecule has 0 unspecified atom stereocenters. The molecule has 1 aromatic heterocycles. The Morgan fingerprint density at radius 2 is 1.95 bits per heavy atom. The van der Waals surface area contributed by atoms with Gasteiger partial charge in [-0.25, -0.2) is 0 Å². The number of aromatic nitrogens is 4. The van der Waals surface area contributed by atoms with Crippen molar-refractivity contribution in [1.29, 1.82) is 0 Å². The van der Waals surface area contributed by atoms with E-state index in [4.69, 9.17) is 17.3 Å². The van der Waals surface area contributed by atoms with Crippen LogP contribution in [-0.2, 0) is 0 Å². The molecule has 0 aliphatic carbocycles. The summed E-state index contributed by atoms with van der Waals surface area (Å²) in [7, 11) is 0. The van der Waals surface area contributed by atoms with Crippen LogP contribution in [0, 0.1) is 0 Å². The molecule has 2 aromatic carbocycles. The maximum atomic E-state index is 5.98. The summed E-state index contributed by atoms with van der Waals surface area (Å²) in [5, 5.41) is 14.7. The zero-order valence-electron chi connectivity index (χ0n) is 10.2. The summed E-state index contributed by atoms with van der Waals surface area (Å²) in [4.78, 5) is 1.94. The lowest BCUT2D eigenvalue weighted by Gasteiger charge is -2.08. The lowest BCUT2D eigenvalue weighted by atomic mass is 10.2. The number of rotatable bonds is 3. The number of benzene rings is 2. The van der Waals surface area contributed by atoms with E-state index in [1.807, 2.05) is 36.4 Å². The number of nitrogen functional groups attached to an aromatic ring is 1. The van der Waals surface area contributed by atoms with Crippen molar-refractivity contribution in [3.8, 4) is 11.4 Å². The van der Waals surface area contributed by atoms with Crippen molar-refractivity contribution in [2.45, 2.75) is 9.79 Å². The molecule has 0 amide bonds. The van der Waals surface area contributed by atoms with Gasteiger partial charge in [0.25, 0.3) is 0 Å². The Morgan fingerprint density at radius 1 is 1.10 bits per heavy atom. The fourth-order valence-electron chi connectivity index (χ4n) is 1.75. The SMILES string of the molecule is Nc1cc(Cl)ccc1Sc1ccccc1-c1nn[nH]n1. The zero-order chi connectivity index (χ0) is 13.9. The maximum Gasteiger partial charge on any atom is 0.205 e. The summed E-state index contributed by atoms with van der Waals surface area (Å²) >= 11 is 7.45. The van der Waals surface area contributed by atoms with Crippen LogP contribution >= 0.6 is 23.4 Å². The lowest BCUT2D eigenvalue weighted by Crippen LogP contribution is -1.90. The normalized spacial score (nSPS) is 10.7. The Kier molecular flexibility index (Phi) is 3.58. The van der Waals surface area contributed by atoms with Crippen molar-refractivity contribution in [2.24, 2.45) is 0 Å². The van der Waals surface area contributed by atoms with Gasteiger partial charge in [-0.05, 0) is 35.5 Å². The molecule has 1 heterocycles. The largest absolute Gasteiger partial charge is 0.398 e. The highest BCUT2D eigenvalue weighted by molar-refractivity contribution is 7.99. The van der Waals surface area contributed by atoms with Crippen LogP contribution in [0.15, 0.2) is 52.3 Å². The Morgan fingerprint density at radius 3 is 2.70 bits per heavy atom. The number of anilines is 1. The third-order valence-electron chi connectivity index (χ3n) is 2.67. The molecule has 0 saturated heterocycles. The van der Waals surface area contributed by atoms with Crippen molar-refractivity contribution in [3.05, 3.63) is 47.5 Å². The van der Waals surface area contributed by atoms with E-state index in [2.05, 4.69) is 20.6 Å². The van der Waals surface area contributed by atoms with E-state index in [0.29, 0.717) is 16.5 Å². The van der Waals surface area contributed by atoms with Crippen LogP contribution in [0.5, 0.6) is 0 Å². The van der Waals surface area contributed by atoms with Crippen molar-refractivity contribution in [3.63, 3.8) is 0 Å². The summed E-state index contributed by atoms with van der Waals surface area (Å²) in [6.45, 7) is 0. The van der Waals surface area contributed by atoms with Gasteiger partial charge < -0.3 is 5.73 Å². The van der Waals surface area contributed by atoms with Crippen LogP contribution in [-0.4, -0.2) is 20.6 Å². The van der Waals surface area contributed by atoms with Gasteiger partial charge in [0.1, 0.15) is 0 Å². The number of hydrogen-bond acceptors (Lipinski definition) is 5. The summed E-state index contributed by atoms with van der Waals surface area (Å²) in [5.41, 5.74) is 7.53. The second-order valence-electron chi connectivity index (χ2n) is 4.02. The van der Waals surface area contributed by atoms with E-state index >= 15 is 0 Å². The Labute approximate surface area is 124 Å². The molecule has 3 N–H and O–H groups in total. The summed E-state index contributed by atoms with van der Waals surface area (Å²) in [6, 6.07) is 13.3. The van der Waals surface area contributed by atoms with E-state index in [9.17, 15) is 0 Å². The molecule has 3 aromatic rings. The molecule has 0 atom stereocenters. The van der Waals surface area contributed by atoms with Gasteiger partial charge in [-0.3, -0.25) is 0 Å². The fourth-order valence-corrected chi connectivity index (χ4v) is 2.89. The van der Waals surface area contributed by atoms with Gasteiger partial charge in [-0.1, -0.05) is 35.5 Å². The van der Waals surface area contributed by atoms with Crippen molar-refractivity contribution in [2.75, 3.05) is 5.73 Å². The molecule has 20 heavy (non-hydrogen) atoms. The average molecular weight is 304 g/mol. The van der Waals surface area contributed by atoms with E-state index in [1.54, 1.807) is 17.8 Å². The van der Waals surface area contributed by atoms with Gasteiger partial charge in [-0.2, -0.15) is 5.21 Å². The van der Waals surface area contributed by atoms with Gasteiger partial charge in [0.15, 0.2) is 0 Å². The number of hydrogen-bond donors (Lipinski definition) is 2. The molecule has 3 rings (SSSR count). The number of halogens is 1. The fraction of sp³-hybridized carbons (Fsp3) is 0.